The molecule has 1 fully saturated rings. The fraction of sp³-hybridized carbons (Fsp3) is 0.375. The van der Waals surface area contributed by atoms with Gasteiger partial charge >= 0.3 is 0 Å². The molecule has 1 saturated carbocycles. The molecular weight excluding hydrogens is 418 g/mol. The van der Waals surface area contributed by atoms with Gasteiger partial charge in [0.25, 0.3) is 6.02 Å². The second kappa shape index (κ2) is 11.9. The van der Waals surface area contributed by atoms with Crippen LogP contribution in [0.2, 0.25) is 0 Å². The molecule has 33 heavy (non-hydrogen) atoms. The van der Waals surface area contributed by atoms with Crippen molar-refractivity contribution in [3.8, 4) is 5.75 Å². The molecule has 1 aromatic heterocycles. The Morgan fingerprint density at radius 2 is 1.85 bits per heavy atom. The van der Waals surface area contributed by atoms with Crippen molar-refractivity contribution in [3.05, 3.63) is 59.5 Å². The summed E-state index contributed by atoms with van der Waals surface area (Å²) in [6, 6.07) is 13.1. The normalized spacial score (nSPS) is 15.9. The van der Waals surface area contributed by atoms with E-state index in [0.717, 1.165) is 30.0 Å². The third-order valence-electron chi connectivity index (χ3n) is 5.40. The molecule has 0 saturated heterocycles. The summed E-state index contributed by atoms with van der Waals surface area (Å²) < 4.78 is 11.7. The van der Waals surface area contributed by atoms with Crippen molar-refractivity contribution in [1.29, 1.82) is 0 Å². The number of hydrogen-bond acceptors (Lipinski definition) is 7. The lowest BCUT2D eigenvalue weighted by molar-refractivity contribution is 0.153. The highest BCUT2D eigenvalue weighted by molar-refractivity contribution is 5.82. The number of aromatic nitrogens is 1. The van der Waals surface area contributed by atoms with Gasteiger partial charge in [0.1, 0.15) is 18.7 Å². The van der Waals surface area contributed by atoms with Gasteiger partial charge < -0.3 is 25.9 Å². The molecule has 9 heteroatoms. The molecule has 2 aromatic rings. The minimum atomic E-state index is -0.0535. The summed E-state index contributed by atoms with van der Waals surface area (Å²) >= 11 is 0. The van der Waals surface area contributed by atoms with Gasteiger partial charge in [0, 0.05) is 7.05 Å². The van der Waals surface area contributed by atoms with Gasteiger partial charge in [0.05, 0.1) is 34.6 Å². The Kier molecular flexibility index (Phi) is 8.65. The van der Waals surface area contributed by atoms with Crippen LogP contribution >= 0.6 is 0 Å². The first kappa shape index (κ1) is 24.1. The summed E-state index contributed by atoms with van der Waals surface area (Å²) in [6.45, 7) is 1.93. The second-order valence-corrected chi connectivity index (χ2v) is 7.97. The maximum absolute atomic E-state index is 6.37. The van der Waals surface area contributed by atoms with Gasteiger partial charge in [-0.1, -0.05) is 24.6 Å². The molecule has 1 aliphatic carbocycles. The molecular formula is C24H33N7O2. The Morgan fingerprint density at radius 3 is 2.52 bits per heavy atom. The highest BCUT2D eigenvalue weighted by atomic mass is 16.5. The van der Waals surface area contributed by atoms with Crippen molar-refractivity contribution in [2.75, 3.05) is 13.7 Å². The Bertz CT molecular complexity index is 997. The molecule has 1 heterocycles. The molecule has 176 valence electrons. The molecule has 9 nitrogen and oxygen atoms in total. The molecule has 0 amide bonds. The molecule has 0 radical (unpaired) electrons. The number of benzene rings is 1. The number of aryl methyl sites for hydroxylation is 1. The standard InChI is InChI=1S/C24H33N7O2/c1-17-22(33-19-11-7-4-8-12-19)14-13-20(30-17)23(25)21(31(2)27)15-32-24(26)29-16-28-18-9-5-3-6-10-18/h3,5-6,9-10,13-14,16,19H,4,7-8,11-12,15,25,27H2,1-2H3,(H2,26,28,29)/b23-21-. The Balaban J connectivity index is 1.67. The number of nitrogens with two attached hydrogens (primary N) is 3. The summed E-state index contributed by atoms with van der Waals surface area (Å²) in [5.41, 5.74) is 15.2. The first-order valence-electron chi connectivity index (χ1n) is 11.1. The fourth-order valence-electron chi connectivity index (χ4n) is 3.55. The van der Waals surface area contributed by atoms with Crippen molar-refractivity contribution < 1.29 is 9.47 Å². The largest absolute Gasteiger partial charge is 0.489 e. The van der Waals surface area contributed by atoms with E-state index in [2.05, 4.69) is 15.0 Å². The quantitative estimate of drug-likeness (QED) is 0.242. The van der Waals surface area contributed by atoms with Crippen LogP contribution in [-0.2, 0) is 4.74 Å². The highest BCUT2D eigenvalue weighted by Crippen LogP contribution is 2.26. The molecule has 0 unspecified atom stereocenters. The topological polar surface area (TPSA) is 137 Å². The van der Waals surface area contributed by atoms with Crippen LogP contribution in [0, 0.1) is 6.92 Å². The third-order valence-corrected chi connectivity index (χ3v) is 5.40. The van der Waals surface area contributed by atoms with Gasteiger partial charge in [0.15, 0.2) is 0 Å². The molecule has 3 rings (SSSR count). The van der Waals surface area contributed by atoms with Crippen LogP contribution in [0.1, 0.15) is 43.5 Å². The van der Waals surface area contributed by atoms with Gasteiger partial charge in [-0.25, -0.2) is 15.8 Å². The number of para-hydroxylation sites is 1. The van der Waals surface area contributed by atoms with Crippen LogP contribution in [0.25, 0.3) is 5.70 Å². The van der Waals surface area contributed by atoms with Crippen molar-refractivity contribution >= 4 is 23.7 Å². The van der Waals surface area contributed by atoms with E-state index in [1.165, 1.54) is 30.6 Å². The van der Waals surface area contributed by atoms with E-state index in [1.54, 1.807) is 7.05 Å². The van der Waals surface area contributed by atoms with Crippen molar-refractivity contribution in [1.82, 2.24) is 9.99 Å². The van der Waals surface area contributed by atoms with E-state index in [0.29, 0.717) is 17.1 Å². The van der Waals surface area contributed by atoms with Crippen molar-refractivity contribution in [2.45, 2.75) is 45.1 Å². The molecule has 1 aliphatic rings. The Hall–Kier alpha value is -3.59. The Morgan fingerprint density at radius 1 is 1.12 bits per heavy atom. The van der Waals surface area contributed by atoms with Gasteiger partial charge in [-0.2, -0.15) is 4.99 Å². The van der Waals surface area contributed by atoms with Crippen LogP contribution in [0.5, 0.6) is 5.75 Å². The fourth-order valence-corrected chi connectivity index (χ4v) is 3.55. The number of ether oxygens (including phenoxy) is 2. The first-order chi connectivity index (χ1) is 15.9. The maximum atomic E-state index is 6.37. The number of hydrazine groups is 1. The highest BCUT2D eigenvalue weighted by Gasteiger charge is 2.17. The SMILES string of the molecule is Cc1nc(/C(N)=C(\COC(N)=NC=Nc2ccccc2)N(C)N)ccc1OC1CCCCC1. The monoisotopic (exact) mass is 451 g/mol. The number of rotatable bonds is 8. The lowest BCUT2D eigenvalue weighted by Gasteiger charge is -2.24. The van der Waals surface area contributed by atoms with Gasteiger partial charge in [-0.3, -0.25) is 0 Å². The first-order valence-corrected chi connectivity index (χ1v) is 11.1. The van der Waals surface area contributed by atoms with Crippen LogP contribution in [0.4, 0.5) is 5.69 Å². The van der Waals surface area contributed by atoms with E-state index in [9.17, 15) is 0 Å². The summed E-state index contributed by atoms with van der Waals surface area (Å²) in [7, 11) is 1.67. The average molecular weight is 452 g/mol. The summed E-state index contributed by atoms with van der Waals surface area (Å²) in [6.07, 6.45) is 7.46. The number of likely N-dealkylation sites (N-methyl/N-ethyl adjacent to an activating group) is 1. The smallest absolute Gasteiger partial charge is 0.288 e. The van der Waals surface area contributed by atoms with E-state index < -0.39 is 0 Å². The zero-order valence-corrected chi connectivity index (χ0v) is 19.3. The number of pyridine rings is 1. The number of amidine groups is 1. The zero-order valence-electron chi connectivity index (χ0n) is 19.3. The molecule has 0 aliphatic heterocycles. The molecule has 0 bridgehead atoms. The van der Waals surface area contributed by atoms with E-state index >= 15 is 0 Å². The zero-order chi connectivity index (χ0) is 23.6. The van der Waals surface area contributed by atoms with E-state index in [4.69, 9.17) is 26.8 Å². The minimum absolute atomic E-state index is 0.0222. The predicted octanol–water partition coefficient (Wildman–Crippen LogP) is 3.23. The summed E-state index contributed by atoms with van der Waals surface area (Å²) in [5, 5.41) is 1.38. The molecule has 0 spiro atoms. The molecule has 1 aromatic carbocycles. The summed E-state index contributed by atoms with van der Waals surface area (Å²) in [4.78, 5) is 12.8. The minimum Gasteiger partial charge on any atom is -0.489 e. The molecule has 6 N–H and O–H groups in total. The van der Waals surface area contributed by atoms with Gasteiger partial charge in [-0.15, -0.1) is 0 Å². The van der Waals surface area contributed by atoms with Gasteiger partial charge in [-0.05, 0) is 56.9 Å². The van der Waals surface area contributed by atoms with Gasteiger partial charge in [0.2, 0.25) is 0 Å². The van der Waals surface area contributed by atoms with E-state index in [-0.39, 0.29) is 18.7 Å². The summed E-state index contributed by atoms with van der Waals surface area (Å²) in [5.74, 6) is 6.77. The number of hydrogen-bond donors (Lipinski definition) is 3. The van der Waals surface area contributed by atoms with Crippen molar-refractivity contribution in [3.63, 3.8) is 0 Å². The molecule has 0 atom stereocenters. The third kappa shape index (κ3) is 7.21. The Labute approximate surface area is 195 Å². The van der Waals surface area contributed by atoms with E-state index in [1.807, 2.05) is 49.4 Å². The van der Waals surface area contributed by atoms with Crippen LogP contribution < -0.4 is 22.0 Å². The predicted molar refractivity (Wildman–Crippen MR) is 132 cm³/mol. The van der Waals surface area contributed by atoms with Crippen molar-refractivity contribution in [2.24, 2.45) is 27.3 Å². The van der Waals surface area contributed by atoms with Crippen LogP contribution in [-0.4, -0.2) is 42.1 Å². The van der Waals surface area contributed by atoms with Crippen LogP contribution in [0.15, 0.2) is 58.1 Å². The van der Waals surface area contributed by atoms with Crippen LogP contribution in [0.3, 0.4) is 0 Å². The lowest BCUT2D eigenvalue weighted by Crippen LogP contribution is -2.32. The number of aliphatic imine (C=N–C) groups is 2. The maximum Gasteiger partial charge on any atom is 0.288 e. The average Bonchev–Trinajstić information content (AvgIpc) is 2.81. The number of nitrogens with zero attached hydrogens (tertiary/aromatic N) is 4. The second-order valence-electron chi connectivity index (χ2n) is 7.97. The lowest BCUT2D eigenvalue weighted by atomic mass is 9.98.